The van der Waals surface area contributed by atoms with Crippen LogP contribution in [0.3, 0.4) is 0 Å². The van der Waals surface area contributed by atoms with Crippen molar-refractivity contribution in [3.8, 4) is 5.75 Å². The Morgan fingerprint density at radius 3 is 3.00 bits per heavy atom. The van der Waals surface area contributed by atoms with Crippen molar-refractivity contribution in [2.24, 2.45) is 0 Å². The lowest BCUT2D eigenvalue weighted by Gasteiger charge is -2.07. The molecule has 0 saturated heterocycles. The van der Waals surface area contributed by atoms with E-state index < -0.39 is 5.97 Å². The van der Waals surface area contributed by atoms with Crippen LogP contribution in [0.1, 0.15) is 21.8 Å². The molecule has 0 radical (unpaired) electrons. The number of benzene rings is 1. The zero-order valence-corrected chi connectivity index (χ0v) is 9.08. The third kappa shape index (κ3) is 2.60. The maximum absolute atomic E-state index is 11.0. The number of aromatic nitrogens is 2. The van der Waals surface area contributed by atoms with Crippen LogP contribution in [0.2, 0.25) is 0 Å². The highest BCUT2D eigenvalue weighted by Crippen LogP contribution is 2.20. The van der Waals surface area contributed by atoms with Crippen molar-refractivity contribution in [3.05, 3.63) is 41.5 Å². The average Bonchev–Trinajstić information content (AvgIpc) is 2.80. The number of carboxylic acids is 1. The molecule has 0 aliphatic heterocycles. The Kier molecular flexibility index (Phi) is 3.04. The summed E-state index contributed by atoms with van der Waals surface area (Å²) in [5.41, 5.74) is 0.969. The third-order valence-corrected chi connectivity index (χ3v) is 2.12. The molecule has 1 N–H and O–H groups in total. The van der Waals surface area contributed by atoms with Gasteiger partial charge >= 0.3 is 5.97 Å². The minimum Gasteiger partial charge on any atom is -0.483 e. The summed E-state index contributed by atoms with van der Waals surface area (Å²) in [4.78, 5) is 14.8. The average molecular weight is 234 g/mol. The molecule has 1 aromatic heterocycles. The molecule has 0 bridgehead atoms. The Morgan fingerprint density at radius 1 is 1.53 bits per heavy atom. The van der Waals surface area contributed by atoms with Crippen LogP contribution < -0.4 is 4.74 Å². The van der Waals surface area contributed by atoms with Crippen molar-refractivity contribution in [1.82, 2.24) is 10.1 Å². The van der Waals surface area contributed by atoms with E-state index in [2.05, 4.69) is 10.1 Å². The third-order valence-electron chi connectivity index (χ3n) is 2.12. The first-order chi connectivity index (χ1) is 8.16. The van der Waals surface area contributed by atoms with Crippen LogP contribution in [0.25, 0.3) is 0 Å². The first-order valence-corrected chi connectivity index (χ1v) is 4.89. The summed E-state index contributed by atoms with van der Waals surface area (Å²) in [6.45, 7) is 1.86. The molecule has 2 aromatic rings. The summed E-state index contributed by atoms with van der Waals surface area (Å²) in [6.07, 6.45) is 1.26. The molecule has 1 aromatic carbocycles. The lowest BCUT2D eigenvalue weighted by atomic mass is 10.1. The van der Waals surface area contributed by atoms with Gasteiger partial charge in [-0.25, -0.2) is 4.79 Å². The molecule has 0 atom stereocenters. The molecular weight excluding hydrogens is 224 g/mol. The van der Waals surface area contributed by atoms with Crippen LogP contribution in [0.5, 0.6) is 5.75 Å². The molecule has 0 amide bonds. The summed E-state index contributed by atoms with van der Waals surface area (Å²) in [6, 6.07) is 4.93. The summed E-state index contributed by atoms with van der Waals surface area (Å²) in [5, 5.41) is 12.4. The molecule has 2 rings (SSSR count). The van der Waals surface area contributed by atoms with E-state index in [4.69, 9.17) is 14.4 Å². The van der Waals surface area contributed by atoms with Crippen LogP contribution in [0, 0.1) is 6.92 Å². The van der Waals surface area contributed by atoms with Crippen LogP contribution in [0.15, 0.2) is 29.0 Å². The first kappa shape index (κ1) is 11.1. The maximum Gasteiger partial charge on any atom is 0.339 e. The van der Waals surface area contributed by atoms with Crippen molar-refractivity contribution >= 4 is 5.97 Å². The number of rotatable bonds is 4. The largest absolute Gasteiger partial charge is 0.483 e. The summed E-state index contributed by atoms with van der Waals surface area (Å²) in [7, 11) is 0. The zero-order valence-electron chi connectivity index (χ0n) is 9.08. The van der Waals surface area contributed by atoms with Gasteiger partial charge in [-0.05, 0) is 19.1 Å². The van der Waals surface area contributed by atoms with E-state index in [1.807, 2.05) is 6.92 Å². The molecule has 0 spiro atoms. The van der Waals surface area contributed by atoms with Crippen LogP contribution in [0.4, 0.5) is 0 Å². The van der Waals surface area contributed by atoms with Crippen molar-refractivity contribution in [1.29, 1.82) is 0 Å². The van der Waals surface area contributed by atoms with Gasteiger partial charge in [-0.3, -0.25) is 0 Å². The standard InChI is InChI=1S/C11H10N2O4/c1-7-2-3-9(8(4-7)11(14)15)16-5-10-12-6-13-17-10/h2-4,6H,5H2,1H3,(H,14,15). The summed E-state index contributed by atoms with van der Waals surface area (Å²) < 4.78 is 10.1. The second-order valence-electron chi connectivity index (χ2n) is 3.43. The molecule has 6 heteroatoms. The van der Waals surface area contributed by atoms with Gasteiger partial charge in [0.25, 0.3) is 5.89 Å². The van der Waals surface area contributed by atoms with E-state index in [1.165, 1.54) is 6.33 Å². The van der Waals surface area contributed by atoms with Crippen molar-refractivity contribution in [3.63, 3.8) is 0 Å². The van der Waals surface area contributed by atoms with Crippen LogP contribution in [-0.4, -0.2) is 21.2 Å². The number of hydrogen-bond donors (Lipinski definition) is 1. The molecule has 6 nitrogen and oxygen atoms in total. The molecule has 0 aliphatic rings. The van der Waals surface area contributed by atoms with Gasteiger partial charge in [0.1, 0.15) is 11.3 Å². The topological polar surface area (TPSA) is 85.5 Å². The number of aromatic carboxylic acids is 1. The fourth-order valence-electron chi connectivity index (χ4n) is 1.34. The monoisotopic (exact) mass is 234 g/mol. The Balaban J connectivity index is 2.17. The van der Waals surface area contributed by atoms with Crippen LogP contribution >= 0.6 is 0 Å². The predicted molar refractivity (Wildman–Crippen MR) is 56.8 cm³/mol. The van der Waals surface area contributed by atoms with Gasteiger partial charge < -0.3 is 14.4 Å². The lowest BCUT2D eigenvalue weighted by molar-refractivity contribution is 0.0691. The molecule has 88 valence electrons. The lowest BCUT2D eigenvalue weighted by Crippen LogP contribution is -2.04. The highest BCUT2D eigenvalue weighted by molar-refractivity contribution is 5.91. The number of aryl methyl sites for hydroxylation is 1. The molecule has 17 heavy (non-hydrogen) atoms. The highest BCUT2D eigenvalue weighted by Gasteiger charge is 2.12. The van der Waals surface area contributed by atoms with E-state index in [0.29, 0.717) is 5.89 Å². The predicted octanol–water partition coefficient (Wildman–Crippen LogP) is 1.66. The van der Waals surface area contributed by atoms with Gasteiger partial charge in [0.15, 0.2) is 12.9 Å². The number of carboxylic acid groups (broad SMARTS) is 1. The van der Waals surface area contributed by atoms with Crippen molar-refractivity contribution < 1.29 is 19.2 Å². The fourth-order valence-corrected chi connectivity index (χ4v) is 1.34. The number of hydrogen-bond acceptors (Lipinski definition) is 5. The Hall–Kier alpha value is -2.37. The Bertz CT molecular complexity index is 522. The zero-order chi connectivity index (χ0) is 12.3. The molecule has 0 fully saturated rings. The number of carbonyl (C=O) groups is 1. The summed E-state index contributed by atoms with van der Waals surface area (Å²) >= 11 is 0. The van der Waals surface area contributed by atoms with Crippen molar-refractivity contribution in [2.45, 2.75) is 13.5 Å². The molecule has 1 heterocycles. The fraction of sp³-hybridized carbons (Fsp3) is 0.182. The second kappa shape index (κ2) is 4.65. The van der Waals surface area contributed by atoms with Crippen LogP contribution in [-0.2, 0) is 6.61 Å². The Labute approximate surface area is 96.8 Å². The van der Waals surface area contributed by atoms with Crippen molar-refractivity contribution in [2.75, 3.05) is 0 Å². The highest BCUT2D eigenvalue weighted by atomic mass is 16.5. The van der Waals surface area contributed by atoms with E-state index in [0.717, 1.165) is 5.56 Å². The van der Waals surface area contributed by atoms with E-state index in [1.54, 1.807) is 18.2 Å². The van der Waals surface area contributed by atoms with Gasteiger partial charge in [-0.15, -0.1) is 0 Å². The van der Waals surface area contributed by atoms with Gasteiger partial charge in [0.2, 0.25) is 0 Å². The van der Waals surface area contributed by atoms with Gasteiger partial charge in [-0.1, -0.05) is 16.8 Å². The first-order valence-electron chi connectivity index (χ1n) is 4.89. The molecule has 0 saturated carbocycles. The molecule has 0 unspecified atom stereocenters. The molecule has 0 aliphatic carbocycles. The minimum atomic E-state index is -1.03. The van der Waals surface area contributed by atoms with Gasteiger partial charge in [-0.2, -0.15) is 4.98 Å². The summed E-state index contributed by atoms with van der Waals surface area (Å²) in [5.74, 6) is -0.461. The van der Waals surface area contributed by atoms with Gasteiger partial charge in [0, 0.05) is 0 Å². The van der Waals surface area contributed by atoms with E-state index in [9.17, 15) is 4.79 Å². The Morgan fingerprint density at radius 2 is 2.35 bits per heavy atom. The second-order valence-corrected chi connectivity index (χ2v) is 3.43. The number of nitrogens with zero attached hydrogens (tertiary/aromatic N) is 2. The normalized spacial score (nSPS) is 10.2. The smallest absolute Gasteiger partial charge is 0.339 e. The maximum atomic E-state index is 11.0. The minimum absolute atomic E-state index is 0.0450. The van der Waals surface area contributed by atoms with E-state index >= 15 is 0 Å². The number of ether oxygens (including phenoxy) is 1. The van der Waals surface area contributed by atoms with E-state index in [-0.39, 0.29) is 17.9 Å². The molecular formula is C11H10N2O4. The quantitative estimate of drug-likeness (QED) is 0.865. The van der Waals surface area contributed by atoms with Gasteiger partial charge in [0.05, 0.1) is 0 Å². The SMILES string of the molecule is Cc1ccc(OCc2ncno2)c(C(=O)O)c1.